The highest BCUT2D eigenvalue weighted by molar-refractivity contribution is 6.32. The van der Waals surface area contributed by atoms with Gasteiger partial charge in [-0.2, -0.15) is 5.10 Å². The molecule has 0 N–H and O–H groups in total. The van der Waals surface area contributed by atoms with Gasteiger partial charge in [0.05, 0.1) is 10.6 Å². The Balaban J connectivity index is 2.63. The van der Waals surface area contributed by atoms with Gasteiger partial charge in [-0.15, -0.1) is 0 Å². The summed E-state index contributed by atoms with van der Waals surface area (Å²) < 4.78 is 1.46. The molecule has 0 aliphatic rings. The smallest absolute Gasteiger partial charge is 0.258 e. The van der Waals surface area contributed by atoms with E-state index < -0.39 is 4.92 Å². The van der Waals surface area contributed by atoms with Crippen LogP contribution >= 0.6 is 11.6 Å². The lowest BCUT2D eigenvalue weighted by Gasteiger charge is -2.07. The van der Waals surface area contributed by atoms with Gasteiger partial charge in [-0.05, 0) is 31.9 Å². The van der Waals surface area contributed by atoms with Crippen molar-refractivity contribution in [1.29, 1.82) is 0 Å². The number of hydrogen-bond donors (Lipinski definition) is 0. The quantitative estimate of drug-likeness (QED) is 0.632. The van der Waals surface area contributed by atoms with Crippen molar-refractivity contribution in [1.82, 2.24) is 9.78 Å². The molecule has 2 rings (SSSR count). The first kappa shape index (κ1) is 14.5. The molecule has 5 nitrogen and oxygen atoms in total. The van der Waals surface area contributed by atoms with Gasteiger partial charge in [0.15, 0.2) is 0 Å². The van der Waals surface area contributed by atoms with E-state index in [1.165, 1.54) is 4.68 Å². The Morgan fingerprint density at radius 3 is 2.65 bits per heavy atom. The molecule has 0 aliphatic heterocycles. The third-order valence-electron chi connectivity index (χ3n) is 3.13. The number of nitrogens with zero attached hydrogens (tertiary/aromatic N) is 3. The zero-order valence-corrected chi connectivity index (χ0v) is 12.4. The molecule has 1 aromatic heterocycles. The van der Waals surface area contributed by atoms with Gasteiger partial charge in [0.1, 0.15) is 5.69 Å². The normalized spacial score (nSPS) is 10.8. The minimum atomic E-state index is -0.458. The number of rotatable bonds is 4. The Kier molecular flexibility index (Phi) is 4.09. The Bertz CT molecular complexity index is 665. The van der Waals surface area contributed by atoms with Gasteiger partial charge in [-0.25, -0.2) is 4.68 Å². The summed E-state index contributed by atoms with van der Waals surface area (Å²) in [7, 11) is 0. The molecule has 1 heterocycles. The summed E-state index contributed by atoms with van der Waals surface area (Å²) in [5.74, 6) is 0. The van der Waals surface area contributed by atoms with E-state index in [1.807, 2.05) is 39.0 Å². The summed E-state index contributed by atoms with van der Waals surface area (Å²) in [6, 6.07) is 5.81. The van der Waals surface area contributed by atoms with Crippen LogP contribution in [0, 0.1) is 24.0 Å². The monoisotopic (exact) mass is 293 g/mol. The maximum atomic E-state index is 11.2. The first-order chi connectivity index (χ1) is 9.45. The van der Waals surface area contributed by atoms with E-state index in [2.05, 4.69) is 5.10 Å². The summed E-state index contributed by atoms with van der Waals surface area (Å²) >= 11 is 6.17. The van der Waals surface area contributed by atoms with Crippen molar-refractivity contribution in [2.45, 2.75) is 33.6 Å². The molecule has 0 fully saturated rings. The topological polar surface area (TPSA) is 61.0 Å². The van der Waals surface area contributed by atoms with E-state index >= 15 is 0 Å². The van der Waals surface area contributed by atoms with Crippen molar-refractivity contribution in [2.75, 3.05) is 0 Å². The number of aromatic nitrogens is 2. The van der Waals surface area contributed by atoms with E-state index in [0.717, 1.165) is 23.2 Å². The molecule has 0 saturated heterocycles. The molecule has 0 amide bonds. The molecule has 0 saturated carbocycles. The maximum absolute atomic E-state index is 11.2. The van der Waals surface area contributed by atoms with Gasteiger partial charge in [0.25, 0.3) is 0 Å². The van der Waals surface area contributed by atoms with Crippen LogP contribution in [0.3, 0.4) is 0 Å². The van der Waals surface area contributed by atoms with Crippen molar-refractivity contribution in [3.8, 4) is 5.69 Å². The molecular weight excluding hydrogens is 278 g/mol. The first-order valence-corrected chi connectivity index (χ1v) is 6.83. The summed E-state index contributed by atoms with van der Waals surface area (Å²) in [6.45, 7) is 5.88. The second-order valence-corrected chi connectivity index (χ2v) is 5.15. The van der Waals surface area contributed by atoms with Crippen LogP contribution < -0.4 is 0 Å². The second-order valence-electron chi connectivity index (χ2n) is 4.79. The summed E-state index contributed by atoms with van der Waals surface area (Å²) in [5, 5.41) is 15.6. The van der Waals surface area contributed by atoms with Crippen LogP contribution in [0.25, 0.3) is 5.69 Å². The average Bonchev–Trinajstić information content (AvgIpc) is 2.67. The molecule has 0 radical (unpaired) electrons. The minimum Gasteiger partial charge on any atom is -0.258 e. The molecule has 0 unspecified atom stereocenters. The van der Waals surface area contributed by atoms with Crippen LogP contribution in [0.4, 0.5) is 5.69 Å². The van der Waals surface area contributed by atoms with E-state index in [1.54, 1.807) is 0 Å². The number of aryl methyl sites for hydroxylation is 3. The van der Waals surface area contributed by atoms with Crippen LogP contribution in [0.1, 0.15) is 30.2 Å². The fraction of sp³-hybridized carbons (Fsp3) is 0.357. The molecule has 0 bridgehead atoms. The van der Waals surface area contributed by atoms with Crippen LogP contribution in [0.15, 0.2) is 18.2 Å². The third kappa shape index (κ3) is 2.54. The molecule has 6 heteroatoms. The maximum Gasteiger partial charge on any atom is 0.329 e. The fourth-order valence-corrected chi connectivity index (χ4v) is 2.53. The molecule has 0 spiro atoms. The third-order valence-corrected chi connectivity index (χ3v) is 3.46. The van der Waals surface area contributed by atoms with Gasteiger partial charge in [-0.1, -0.05) is 42.6 Å². The van der Waals surface area contributed by atoms with E-state index in [9.17, 15) is 10.1 Å². The predicted octanol–water partition coefficient (Wildman–Crippen LogP) is 4.00. The second kappa shape index (κ2) is 5.63. The lowest BCUT2D eigenvalue weighted by Crippen LogP contribution is -2.00. The van der Waals surface area contributed by atoms with Gasteiger partial charge >= 0.3 is 5.69 Å². The molecule has 0 atom stereocenters. The van der Waals surface area contributed by atoms with E-state index in [0.29, 0.717) is 12.1 Å². The Morgan fingerprint density at radius 2 is 2.10 bits per heavy atom. The van der Waals surface area contributed by atoms with Crippen LogP contribution in [-0.4, -0.2) is 14.7 Å². The molecule has 106 valence electrons. The van der Waals surface area contributed by atoms with Crippen LogP contribution in [-0.2, 0) is 6.42 Å². The zero-order chi connectivity index (χ0) is 14.9. The van der Waals surface area contributed by atoms with E-state index in [4.69, 9.17) is 11.6 Å². The van der Waals surface area contributed by atoms with Crippen molar-refractivity contribution in [2.24, 2.45) is 0 Å². The fourth-order valence-electron chi connectivity index (χ4n) is 2.22. The van der Waals surface area contributed by atoms with Gasteiger partial charge in [-0.3, -0.25) is 10.1 Å². The van der Waals surface area contributed by atoms with Gasteiger partial charge in [0, 0.05) is 0 Å². The SMILES string of the molecule is CCCc1nn(-c2ccc(C)cc2C)c(Cl)c1[N+](=O)[O-]. The summed E-state index contributed by atoms with van der Waals surface area (Å²) in [6.07, 6.45) is 1.31. The van der Waals surface area contributed by atoms with Crippen molar-refractivity contribution >= 4 is 17.3 Å². The highest BCUT2D eigenvalue weighted by Gasteiger charge is 2.27. The Labute approximate surface area is 122 Å². The van der Waals surface area contributed by atoms with Crippen molar-refractivity contribution in [3.05, 3.63) is 50.3 Å². The molecular formula is C14H16ClN3O2. The highest BCUT2D eigenvalue weighted by atomic mass is 35.5. The number of hydrogen-bond acceptors (Lipinski definition) is 3. The highest BCUT2D eigenvalue weighted by Crippen LogP contribution is 2.32. The summed E-state index contributed by atoms with van der Waals surface area (Å²) in [4.78, 5) is 10.7. The van der Waals surface area contributed by atoms with Gasteiger partial charge < -0.3 is 0 Å². The van der Waals surface area contributed by atoms with Crippen LogP contribution in [0.2, 0.25) is 5.15 Å². The predicted molar refractivity (Wildman–Crippen MR) is 78.7 cm³/mol. The first-order valence-electron chi connectivity index (χ1n) is 6.45. The van der Waals surface area contributed by atoms with E-state index in [-0.39, 0.29) is 10.8 Å². The van der Waals surface area contributed by atoms with Crippen LogP contribution in [0.5, 0.6) is 0 Å². The molecule has 1 aromatic carbocycles. The largest absolute Gasteiger partial charge is 0.329 e. The number of nitro groups is 1. The lowest BCUT2D eigenvalue weighted by atomic mass is 10.1. The lowest BCUT2D eigenvalue weighted by molar-refractivity contribution is -0.385. The number of benzene rings is 1. The Morgan fingerprint density at radius 1 is 1.40 bits per heavy atom. The standard InChI is InChI=1S/C14H16ClN3O2/c1-4-5-11-13(18(19)20)14(15)17(16-11)12-7-6-9(2)8-10(12)3/h6-8H,4-5H2,1-3H3. The number of halogens is 1. The van der Waals surface area contributed by atoms with Crippen molar-refractivity contribution in [3.63, 3.8) is 0 Å². The molecule has 2 aromatic rings. The summed E-state index contributed by atoms with van der Waals surface area (Å²) in [5.41, 5.74) is 3.21. The molecule has 0 aliphatic carbocycles. The minimum absolute atomic E-state index is 0.0606. The van der Waals surface area contributed by atoms with Crippen molar-refractivity contribution < 1.29 is 4.92 Å². The zero-order valence-electron chi connectivity index (χ0n) is 11.7. The van der Waals surface area contributed by atoms with Gasteiger partial charge in [0.2, 0.25) is 5.15 Å². The molecule has 20 heavy (non-hydrogen) atoms. The average molecular weight is 294 g/mol. The Hall–Kier alpha value is -1.88.